The molecule has 6 heteroatoms. The molecule has 0 saturated carbocycles. The zero-order valence-corrected chi connectivity index (χ0v) is 12.4. The minimum Gasteiger partial charge on any atom is -0.399 e. The number of nitrogen functional groups attached to an aromatic ring is 1. The summed E-state index contributed by atoms with van der Waals surface area (Å²) in [4.78, 5) is 13.5. The number of nitrogens with zero attached hydrogens (tertiary/aromatic N) is 2. The van der Waals surface area contributed by atoms with E-state index in [1.165, 1.54) is 6.07 Å². The lowest BCUT2D eigenvalue weighted by Gasteiger charge is -2.28. The Hall–Kier alpha value is -1.93. The maximum Gasteiger partial charge on any atom is 0.250 e. The fraction of sp³-hybridized carbons (Fsp3) is 0.429. The summed E-state index contributed by atoms with van der Waals surface area (Å²) < 4.78 is 0. The first kappa shape index (κ1) is 16.1. The summed E-state index contributed by atoms with van der Waals surface area (Å²) in [6.45, 7) is 5.26. The number of carbonyl (C=O) groups is 1. The first-order valence-corrected chi connectivity index (χ1v) is 6.75. The monoisotopic (exact) mass is 294 g/mol. The standard InChI is InChI=1S/C14H19ClN4O/c1-9(2)8-19(5-3-4-16)13-11(14(18)20)6-10(17)7-12(13)15/h6-7,9H,3,5,8,17H2,1-2H3,(H2,18,20). The van der Waals surface area contributed by atoms with Gasteiger partial charge in [0, 0.05) is 18.8 Å². The van der Waals surface area contributed by atoms with Crippen molar-refractivity contribution in [2.45, 2.75) is 20.3 Å². The van der Waals surface area contributed by atoms with Gasteiger partial charge in [0.15, 0.2) is 0 Å². The average molecular weight is 295 g/mol. The van der Waals surface area contributed by atoms with Crippen molar-refractivity contribution in [3.8, 4) is 6.07 Å². The van der Waals surface area contributed by atoms with E-state index in [0.717, 1.165) is 0 Å². The van der Waals surface area contributed by atoms with Gasteiger partial charge in [-0.15, -0.1) is 0 Å². The van der Waals surface area contributed by atoms with Crippen molar-refractivity contribution in [1.82, 2.24) is 0 Å². The lowest BCUT2D eigenvalue weighted by molar-refractivity contribution is 0.100. The summed E-state index contributed by atoms with van der Waals surface area (Å²) in [6.07, 6.45) is 0.339. The molecule has 1 amide bonds. The molecule has 0 bridgehead atoms. The van der Waals surface area contributed by atoms with Gasteiger partial charge in [0.05, 0.1) is 28.8 Å². The molecule has 1 aromatic carbocycles. The van der Waals surface area contributed by atoms with Crippen LogP contribution in [0.2, 0.25) is 5.02 Å². The molecule has 0 heterocycles. The number of hydrogen-bond donors (Lipinski definition) is 2. The molecule has 1 rings (SSSR count). The van der Waals surface area contributed by atoms with Gasteiger partial charge in [0.1, 0.15) is 0 Å². The van der Waals surface area contributed by atoms with Crippen LogP contribution in [0.1, 0.15) is 30.6 Å². The van der Waals surface area contributed by atoms with E-state index in [-0.39, 0.29) is 5.56 Å². The Morgan fingerprint density at radius 1 is 1.50 bits per heavy atom. The summed E-state index contributed by atoms with van der Waals surface area (Å²) in [7, 11) is 0. The van der Waals surface area contributed by atoms with Crippen LogP contribution in [0.25, 0.3) is 0 Å². The Kier molecular flexibility index (Phi) is 5.66. The largest absolute Gasteiger partial charge is 0.399 e. The third-order valence-electron chi connectivity index (χ3n) is 2.75. The van der Waals surface area contributed by atoms with Crippen LogP contribution < -0.4 is 16.4 Å². The van der Waals surface area contributed by atoms with E-state index in [2.05, 4.69) is 19.9 Å². The maximum atomic E-state index is 11.6. The molecule has 0 aliphatic carbocycles. The summed E-state index contributed by atoms with van der Waals surface area (Å²) in [5, 5.41) is 9.14. The highest BCUT2D eigenvalue weighted by molar-refractivity contribution is 6.34. The highest BCUT2D eigenvalue weighted by Crippen LogP contribution is 2.33. The summed E-state index contributed by atoms with van der Waals surface area (Å²) in [6, 6.07) is 5.20. The molecular weight excluding hydrogens is 276 g/mol. The molecule has 0 atom stereocenters. The van der Waals surface area contributed by atoms with Crippen LogP contribution in [0.15, 0.2) is 12.1 Å². The van der Waals surface area contributed by atoms with Crippen LogP contribution in [0.4, 0.5) is 11.4 Å². The zero-order valence-electron chi connectivity index (χ0n) is 11.7. The second-order valence-electron chi connectivity index (χ2n) is 5.01. The Labute approximate surface area is 124 Å². The van der Waals surface area contributed by atoms with E-state index in [1.807, 2.05) is 4.90 Å². The molecule has 0 unspecified atom stereocenters. The van der Waals surface area contributed by atoms with Crippen molar-refractivity contribution in [2.24, 2.45) is 11.7 Å². The van der Waals surface area contributed by atoms with Crippen molar-refractivity contribution < 1.29 is 4.79 Å². The average Bonchev–Trinajstić information content (AvgIpc) is 2.33. The van der Waals surface area contributed by atoms with Crippen molar-refractivity contribution in [1.29, 1.82) is 5.26 Å². The van der Waals surface area contributed by atoms with E-state index in [4.69, 9.17) is 28.3 Å². The van der Waals surface area contributed by atoms with Crippen LogP contribution >= 0.6 is 11.6 Å². The number of benzene rings is 1. The maximum absolute atomic E-state index is 11.6. The van der Waals surface area contributed by atoms with Gasteiger partial charge >= 0.3 is 0 Å². The first-order chi connectivity index (χ1) is 9.36. The number of carbonyl (C=O) groups excluding carboxylic acids is 1. The normalized spacial score (nSPS) is 10.3. The van der Waals surface area contributed by atoms with Crippen LogP contribution in [0, 0.1) is 17.2 Å². The predicted molar refractivity (Wildman–Crippen MR) is 81.7 cm³/mol. The van der Waals surface area contributed by atoms with Crippen molar-refractivity contribution >= 4 is 28.9 Å². The smallest absolute Gasteiger partial charge is 0.250 e. The topological polar surface area (TPSA) is 96.1 Å². The number of nitrogens with two attached hydrogens (primary N) is 2. The highest BCUT2D eigenvalue weighted by atomic mass is 35.5. The van der Waals surface area contributed by atoms with E-state index in [9.17, 15) is 4.79 Å². The molecule has 0 saturated heterocycles. The number of nitriles is 1. The van der Waals surface area contributed by atoms with E-state index in [1.54, 1.807) is 6.07 Å². The minimum absolute atomic E-state index is 0.286. The fourth-order valence-electron chi connectivity index (χ4n) is 2.05. The summed E-state index contributed by atoms with van der Waals surface area (Å²) in [5.74, 6) is -0.233. The van der Waals surface area contributed by atoms with Crippen molar-refractivity contribution in [3.63, 3.8) is 0 Å². The molecule has 1 aromatic rings. The van der Waals surface area contributed by atoms with Crippen LogP contribution in [-0.2, 0) is 0 Å². The molecule has 0 aliphatic heterocycles. The number of hydrogen-bond acceptors (Lipinski definition) is 4. The summed E-state index contributed by atoms with van der Waals surface area (Å²) >= 11 is 6.22. The van der Waals surface area contributed by atoms with Gasteiger partial charge in [-0.1, -0.05) is 25.4 Å². The lowest BCUT2D eigenvalue weighted by atomic mass is 10.1. The molecule has 0 aromatic heterocycles. The Balaban J connectivity index is 3.30. The number of primary amides is 1. The van der Waals surface area contributed by atoms with E-state index >= 15 is 0 Å². The molecule has 5 nitrogen and oxygen atoms in total. The van der Waals surface area contributed by atoms with Gasteiger partial charge in [0.25, 0.3) is 5.91 Å². The van der Waals surface area contributed by atoms with Crippen LogP contribution in [0.3, 0.4) is 0 Å². The Bertz CT molecular complexity index is 537. The molecule has 108 valence electrons. The quantitative estimate of drug-likeness (QED) is 0.787. The minimum atomic E-state index is -0.583. The fourth-order valence-corrected chi connectivity index (χ4v) is 2.40. The van der Waals surface area contributed by atoms with E-state index in [0.29, 0.717) is 41.8 Å². The molecule has 0 aliphatic rings. The Morgan fingerprint density at radius 3 is 2.65 bits per heavy atom. The number of rotatable bonds is 6. The van der Waals surface area contributed by atoms with Gasteiger partial charge in [-0.25, -0.2) is 0 Å². The van der Waals surface area contributed by atoms with Crippen LogP contribution in [0.5, 0.6) is 0 Å². The van der Waals surface area contributed by atoms with Gasteiger partial charge < -0.3 is 16.4 Å². The van der Waals surface area contributed by atoms with Gasteiger partial charge in [-0.3, -0.25) is 4.79 Å². The molecule has 0 fully saturated rings. The van der Waals surface area contributed by atoms with Crippen LogP contribution in [-0.4, -0.2) is 19.0 Å². The third-order valence-corrected chi connectivity index (χ3v) is 3.03. The third kappa shape index (κ3) is 4.04. The Morgan fingerprint density at radius 2 is 2.15 bits per heavy atom. The zero-order chi connectivity index (χ0) is 15.3. The summed E-state index contributed by atoms with van der Waals surface area (Å²) in [5.41, 5.74) is 12.3. The molecular formula is C14H19ClN4O. The number of halogens is 1. The number of anilines is 2. The SMILES string of the molecule is CC(C)CN(CCC#N)c1c(Cl)cc(N)cc1C(N)=O. The predicted octanol–water partition coefficient (Wildman–Crippen LogP) is 2.40. The molecule has 20 heavy (non-hydrogen) atoms. The number of amides is 1. The van der Waals surface area contributed by atoms with Gasteiger partial charge in [-0.2, -0.15) is 5.26 Å². The highest BCUT2D eigenvalue weighted by Gasteiger charge is 2.20. The molecule has 0 radical (unpaired) electrons. The lowest BCUT2D eigenvalue weighted by Crippen LogP contribution is -2.31. The van der Waals surface area contributed by atoms with Crippen molar-refractivity contribution in [2.75, 3.05) is 23.7 Å². The second-order valence-corrected chi connectivity index (χ2v) is 5.42. The first-order valence-electron chi connectivity index (χ1n) is 6.37. The van der Waals surface area contributed by atoms with Crippen molar-refractivity contribution in [3.05, 3.63) is 22.7 Å². The second kappa shape index (κ2) is 7.01. The molecule has 0 spiro atoms. The molecule has 4 N–H and O–H groups in total. The van der Waals surface area contributed by atoms with Gasteiger partial charge in [0.2, 0.25) is 0 Å². The van der Waals surface area contributed by atoms with Gasteiger partial charge in [-0.05, 0) is 18.1 Å². The van der Waals surface area contributed by atoms with E-state index < -0.39 is 5.91 Å².